The van der Waals surface area contributed by atoms with Gasteiger partial charge < -0.3 is 0 Å². The summed E-state index contributed by atoms with van der Waals surface area (Å²) in [7, 11) is 0. The number of aryl methyl sites for hydroxylation is 1. The number of hydrogen-bond acceptors (Lipinski definition) is 5. The van der Waals surface area contributed by atoms with Crippen molar-refractivity contribution in [2.75, 3.05) is 6.26 Å². The summed E-state index contributed by atoms with van der Waals surface area (Å²) >= 11 is 1.57. The minimum Gasteiger partial charge on any atom is -0.298 e. The molecule has 3 aromatic rings. The zero-order valence-electron chi connectivity index (χ0n) is 12.1. The molecule has 0 saturated heterocycles. The van der Waals surface area contributed by atoms with E-state index in [0.29, 0.717) is 0 Å². The maximum Gasteiger partial charge on any atom is 0.170 e. The average Bonchev–Trinajstić information content (AvgIpc) is 3.03. The van der Waals surface area contributed by atoms with Crippen LogP contribution in [0.25, 0.3) is 16.9 Å². The molecular weight excluding hydrogens is 286 g/mol. The average molecular weight is 301 g/mol. The fraction of sp³-hybridized carbons (Fsp3) is 0.286. The van der Waals surface area contributed by atoms with Crippen LogP contribution in [0.15, 0.2) is 29.8 Å². The summed E-state index contributed by atoms with van der Waals surface area (Å²) in [5.41, 5.74) is 3.65. The zero-order chi connectivity index (χ0) is 15.0. The summed E-state index contributed by atoms with van der Waals surface area (Å²) in [6.45, 7) is 3.80. The molecule has 3 rings (SSSR count). The van der Waals surface area contributed by atoms with Crippen molar-refractivity contribution < 1.29 is 4.79 Å². The van der Waals surface area contributed by atoms with Gasteiger partial charge in [0.1, 0.15) is 5.03 Å². The third-order valence-corrected chi connectivity index (χ3v) is 3.75. The van der Waals surface area contributed by atoms with Crippen LogP contribution in [0.2, 0.25) is 0 Å². The van der Waals surface area contributed by atoms with Gasteiger partial charge in [0.15, 0.2) is 11.4 Å². The standard InChI is InChI=1S/C14H15N5OS/c1-9-6-19-12(5-15-13(19)14(17-9)21-3)11-4-16-18(8-11)7-10(2)20/h4-6,8H,7H2,1-3H3. The molecule has 0 amide bonds. The molecular formula is C14H15N5OS. The first-order valence-electron chi connectivity index (χ1n) is 6.49. The van der Waals surface area contributed by atoms with Crippen LogP contribution >= 0.6 is 11.8 Å². The molecule has 0 radical (unpaired) electrons. The first-order chi connectivity index (χ1) is 10.1. The van der Waals surface area contributed by atoms with Gasteiger partial charge in [0.2, 0.25) is 0 Å². The van der Waals surface area contributed by atoms with Gasteiger partial charge in [0.25, 0.3) is 0 Å². The predicted molar refractivity (Wildman–Crippen MR) is 81.4 cm³/mol. The molecule has 3 heterocycles. The van der Waals surface area contributed by atoms with Gasteiger partial charge in [-0.15, -0.1) is 11.8 Å². The van der Waals surface area contributed by atoms with Crippen LogP contribution < -0.4 is 0 Å². The van der Waals surface area contributed by atoms with E-state index in [2.05, 4.69) is 15.1 Å². The second-order valence-electron chi connectivity index (χ2n) is 4.86. The molecule has 0 aliphatic heterocycles. The Balaban J connectivity index is 2.10. The third-order valence-electron chi connectivity index (χ3n) is 3.09. The summed E-state index contributed by atoms with van der Waals surface area (Å²) < 4.78 is 3.66. The molecule has 0 bridgehead atoms. The van der Waals surface area contributed by atoms with Crippen molar-refractivity contribution in [2.45, 2.75) is 25.4 Å². The minimum absolute atomic E-state index is 0.0764. The number of rotatable bonds is 4. The highest BCUT2D eigenvalue weighted by Gasteiger charge is 2.12. The van der Waals surface area contributed by atoms with Crippen molar-refractivity contribution in [1.29, 1.82) is 0 Å². The summed E-state index contributed by atoms with van der Waals surface area (Å²) in [5.74, 6) is 0.0764. The molecule has 0 unspecified atom stereocenters. The van der Waals surface area contributed by atoms with Gasteiger partial charge in [-0.3, -0.25) is 13.9 Å². The Morgan fingerprint density at radius 3 is 2.86 bits per heavy atom. The molecule has 3 aromatic heterocycles. The van der Waals surface area contributed by atoms with Crippen LogP contribution in [0.4, 0.5) is 0 Å². The molecule has 0 N–H and O–H groups in total. The van der Waals surface area contributed by atoms with E-state index in [4.69, 9.17) is 0 Å². The Kier molecular flexibility index (Phi) is 3.50. The topological polar surface area (TPSA) is 65.1 Å². The Labute approximate surface area is 126 Å². The lowest BCUT2D eigenvalue weighted by Gasteiger charge is -2.04. The Hall–Kier alpha value is -2.15. The summed E-state index contributed by atoms with van der Waals surface area (Å²) in [6.07, 6.45) is 9.37. The quantitative estimate of drug-likeness (QED) is 0.691. The highest BCUT2D eigenvalue weighted by Crippen LogP contribution is 2.25. The Bertz CT molecular complexity index is 820. The number of nitrogens with zero attached hydrogens (tertiary/aromatic N) is 5. The normalized spacial score (nSPS) is 11.2. The number of carbonyl (C=O) groups excluding carboxylic acids is 1. The molecule has 7 heteroatoms. The van der Waals surface area contributed by atoms with Crippen LogP contribution in [-0.4, -0.2) is 36.2 Å². The molecule has 0 spiro atoms. The van der Waals surface area contributed by atoms with E-state index in [1.54, 1.807) is 29.6 Å². The van der Waals surface area contributed by atoms with Gasteiger partial charge in [-0.1, -0.05) is 0 Å². The van der Waals surface area contributed by atoms with Crippen LogP contribution in [0, 0.1) is 6.92 Å². The monoisotopic (exact) mass is 301 g/mol. The Morgan fingerprint density at radius 2 is 2.14 bits per heavy atom. The first-order valence-corrected chi connectivity index (χ1v) is 7.72. The van der Waals surface area contributed by atoms with Gasteiger partial charge in [-0.2, -0.15) is 5.10 Å². The van der Waals surface area contributed by atoms with Crippen molar-refractivity contribution in [3.63, 3.8) is 0 Å². The SMILES string of the molecule is CSc1nc(C)cn2c(-c3cnn(CC(C)=O)c3)cnc12. The number of hydrogen-bond donors (Lipinski definition) is 0. The number of ketones is 1. The fourth-order valence-corrected chi connectivity index (χ4v) is 2.81. The highest BCUT2D eigenvalue weighted by molar-refractivity contribution is 7.98. The van der Waals surface area contributed by atoms with Crippen molar-refractivity contribution in [3.8, 4) is 11.3 Å². The smallest absolute Gasteiger partial charge is 0.170 e. The molecule has 0 aromatic carbocycles. The maximum atomic E-state index is 11.2. The van der Waals surface area contributed by atoms with E-state index in [0.717, 1.165) is 27.6 Å². The van der Waals surface area contributed by atoms with E-state index >= 15 is 0 Å². The zero-order valence-corrected chi connectivity index (χ0v) is 12.9. The van der Waals surface area contributed by atoms with Crippen LogP contribution in [0.3, 0.4) is 0 Å². The summed E-state index contributed by atoms with van der Waals surface area (Å²) in [4.78, 5) is 20.1. The second-order valence-corrected chi connectivity index (χ2v) is 5.65. The van der Waals surface area contributed by atoms with Crippen LogP contribution in [0.1, 0.15) is 12.6 Å². The van der Waals surface area contributed by atoms with Crippen LogP contribution in [0.5, 0.6) is 0 Å². The van der Waals surface area contributed by atoms with Gasteiger partial charge in [0.05, 0.1) is 30.3 Å². The number of aromatic nitrogens is 5. The minimum atomic E-state index is 0.0764. The second kappa shape index (κ2) is 5.33. The number of imidazole rings is 1. The van der Waals surface area contributed by atoms with E-state index in [-0.39, 0.29) is 12.3 Å². The summed E-state index contributed by atoms with van der Waals surface area (Å²) in [6, 6.07) is 0. The third kappa shape index (κ3) is 2.56. The molecule has 0 aliphatic carbocycles. The maximum absolute atomic E-state index is 11.2. The lowest BCUT2D eigenvalue weighted by Crippen LogP contribution is -2.05. The number of carbonyl (C=O) groups is 1. The summed E-state index contributed by atoms with van der Waals surface area (Å²) in [5, 5.41) is 5.12. The number of fused-ring (bicyclic) bond motifs is 1. The number of Topliss-reactive ketones (excluding diaryl/α,β-unsaturated/α-hetero) is 1. The van der Waals surface area contributed by atoms with Crippen molar-refractivity contribution in [2.24, 2.45) is 0 Å². The van der Waals surface area contributed by atoms with E-state index in [1.807, 2.05) is 36.2 Å². The molecule has 0 atom stereocenters. The predicted octanol–water partition coefficient (Wildman–Crippen LogP) is 2.21. The molecule has 108 valence electrons. The molecule has 0 saturated carbocycles. The lowest BCUT2D eigenvalue weighted by atomic mass is 10.3. The molecule has 0 fully saturated rings. The van der Waals surface area contributed by atoms with Gasteiger partial charge in [-0.25, -0.2) is 9.97 Å². The number of thioether (sulfide) groups is 1. The van der Waals surface area contributed by atoms with E-state index in [9.17, 15) is 4.79 Å². The Morgan fingerprint density at radius 1 is 1.33 bits per heavy atom. The van der Waals surface area contributed by atoms with Gasteiger partial charge in [0, 0.05) is 18.0 Å². The fourth-order valence-electron chi connectivity index (χ4n) is 2.24. The first kappa shape index (κ1) is 13.8. The highest BCUT2D eigenvalue weighted by atomic mass is 32.2. The van der Waals surface area contributed by atoms with E-state index < -0.39 is 0 Å². The largest absolute Gasteiger partial charge is 0.298 e. The van der Waals surface area contributed by atoms with E-state index in [1.165, 1.54) is 0 Å². The van der Waals surface area contributed by atoms with Crippen molar-refractivity contribution in [1.82, 2.24) is 24.1 Å². The van der Waals surface area contributed by atoms with Crippen molar-refractivity contribution >= 4 is 23.2 Å². The molecule has 0 aliphatic rings. The lowest BCUT2D eigenvalue weighted by molar-refractivity contribution is -0.117. The van der Waals surface area contributed by atoms with Crippen LogP contribution in [-0.2, 0) is 11.3 Å². The molecule has 21 heavy (non-hydrogen) atoms. The van der Waals surface area contributed by atoms with Gasteiger partial charge in [-0.05, 0) is 20.1 Å². The van der Waals surface area contributed by atoms with Crippen molar-refractivity contribution in [3.05, 3.63) is 30.5 Å². The molecule has 6 nitrogen and oxygen atoms in total. The van der Waals surface area contributed by atoms with Gasteiger partial charge >= 0.3 is 0 Å².